The number of carbonyl (C=O) groups excluding carboxylic acids is 1. The topological polar surface area (TPSA) is 134 Å². The number of aromatic nitrogens is 3. The highest BCUT2D eigenvalue weighted by Crippen LogP contribution is 2.36. The summed E-state index contributed by atoms with van der Waals surface area (Å²) in [6.07, 6.45) is 3.98. The molecule has 12 nitrogen and oxygen atoms in total. The molecule has 0 saturated carbocycles. The number of hydrogen-bond donors (Lipinski definition) is 3. The van der Waals surface area contributed by atoms with E-state index in [-0.39, 0.29) is 17.6 Å². The molecule has 4 N–H and O–H groups in total. The molecule has 0 spiro atoms. The van der Waals surface area contributed by atoms with Crippen molar-refractivity contribution >= 4 is 40.5 Å². The molecule has 3 aliphatic rings. The van der Waals surface area contributed by atoms with E-state index in [1.807, 2.05) is 23.6 Å². The van der Waals surface area contributed by atoms with E-state index in [9.17, 15) is 4.79 Å². The zero-order valence-corrected chi connectivity index (χ0v) is 25.7. The van der Waals surface area contributed by atoms with Crippen molar-refractivity contribution in [2.75, 3.05) is 82.2 Å². The Morgan fingerprint density at radius 2 is 1.79 bits per heavy atom. The Hall–Kier alpha value is -3.52. The molecule has 5 heterocycles. The molecule has 230 valence electrons. The number of nitrogens with one attached hydrogen (secondary N) is 2. The molecular formula is C30H41N9O3S. The number of piperidine rings is 1. The lowest BCUT2D eigenvalue weighted by atomic mass is 10.0. The van der Waals surface area contributed by atoms with E-state index in [0.717, 1.165) is 82.1 Å². The van der Waals surface area contributed by atoms with Gasteiger partial charge in [-0.2, -0.15) is 4.37 Å². The number of amides is 1. The Morgan fingerprint density at radius 1 is 1.02 bits per heavy atom. The van der Waals surface area contributed by atoms with Crippen LogP contribution in [0.4, 0.5) is 23.0 Å². The molecule has 0 aliphatic carbocycles. The van der Waals surface area contributed by atoms with Crippen molar-refractivity contribution in [3.05, 3.63) is 35.3 Å². The fraction of sp³-hybridized carbons (Fsp3) is 0.533. The molecule has 0 bridgehead atoms. The first kappa shape index (κ1) is 29.5. The summed E-state index contributed by atoms with van der Waals surface area (Å²) in [5, 5.41) is 8.68. The first-order valence-electron chi connectivity index (χ1n) is 15.1. The van der Waals surface area contributed by atoms with Gasteiger partial charge in [0, 0.05) is 81.7 Å². The summed E-state index contributed by atoms with van der Waals surface area (Å²) < 4.78 is 15.8. The van der Waals surface area contributed by atoms with Gasteiger partial charge in [0.2, 0.25) is 0 Å². The van der Waals surface area contributed by atoms with Crippen molar-refractivity contribution in [2.24, 2.45) is 5.73 Å². The van der Waals surface area contributed by atoms with Gasteiger partial charge in [-0.05, 0) is 62.5 Å². The largest absolute Gasteiger partial charge is 0.495 e. The number of carbonyl (C=O) groups is 1. The van der Waals surface area contributed by atoms with Crippen LogP contribution in [-0.4, -0.2) is 109 Å². The van der Waals surface area contributed by atoms with Gasteiger partial charge < -0.3 is 35.6 Å². The summed E-state index contributed by atoms with van der Waals surface area (Å²) in [5.41, 5.74) is 8.78. The molecule has 6 rings (SSSR count). The van der Waals surface area contributed by atoms with Gasteiger partial charge >= 0.3 is 0 Å². The van der Waals surface area contributed by atoms with Crippen LogP contribution in [0.3, 0.4) is 0 Å². The molecule has 0 unspecified atom stereocenters. The minimum Gasteiger partial charge on any atom is -0.495 e. The van der Waals surface area contributed by atoms with Crippen molar-refractivity contribution in [2.45, 2.75) is 37.8 Å². The number of rotatable bonds is 9. The molecule has 1 aromatic carbocycles. The number of piperazine rings is 1. The maximum Gasteiger partial charge on any atom is 0.271 e. The number of methoxy groups -OCH3 is 1. The maximum atomic E-state index is 12.6. The standard InChI is InChI=1S/C30H41N9O3S/c1-37-12-14-38(15-13-37)22-5-10-39(11-6-22)24-4-3-21(19-25(24)41-2)33-30-27(28(31)40)34-26(23-9-18-43-36-23)29(35-30)32-20-7-16-42-17-8-20/h3-4,9,18-20,22H,5-8,10-17H2,1-2H3,(H2,31,40)(H2,32,33,35). The fourth-order valence-electron chi connectivity index (χ4n) is 6.16. The lowest BCUT2D eigenvalue weighted by molar-refractivity contribution is 0.0904. The Labute approximate surface area is 256 Å². The fourth-order valence-corrected chi connectivity index (χ4v) is 6.67. The summed E-state index contributed by atoms with van der Waals surface area (Å²) in [6, 6.07) is 8.66. The second-order valence-corrected chi connectivity index (χ2v) is 12.1. The predicted octanol–water partition coefficient (Wildman–Crippen LogP) is 3.26. The Morgan fingerprint density at radius 3 is 2.47 bits per heavy atom. The Bertz CT molecular complexity index is 1380. The number of ether oxygens (including phenoxy) is 2. The maximum absolute atomic E-state index is 12.6. The van der Waals surface area contributed by atoms with Gasteiger partial charge in [-0.3, -0.25) is 9.69 Å². The van der Waals surface area contributed by atoms with Crippen LogP contribution >= 0.6 is 11.5 Å². The predicted molar refractivity (Wildman–Crippen MR) is 170 cm³/mol. The Kier molecular flexibility index (Phi) is 9.22. The average molecular weight is 608 g/mol. The molecule has 43 heavy (non-hydrogen) atoms. The lowest BCUT2D eigenvalue weighted by Crippen LogP contribution is -2.52. The smallest absolute Gasteiger partial charge is 0.271 e. The van der Waals surface area contributed by atoms with Crippen LogP contribution in [-0.2, 0) is 4.74 Å². The van der Waals surface area contributed by atoms with Crippen molar-refractivity contribution in [3.8, 4) is 17.1 Å². The number of primary amides is 1. The molecule has 0 radical (unpaired) electrons. The molecule has 2 aromatic heterocycles. The molecule has 3 fully saturated rings. The normalized spacial score (nSPS) is 19.3. The first-order chi connectivity index (χ1) is 21.0. The number of anilines is 4. The molecular weight excluding hydrogens is 566 g/mol. The number of likely N-dealkylation sites (N-methyl/N-ethyl adjacent to an activating group) is 1. The number of nitrogens with two attached hydrogens (primary N) is 1. The van der Waals surface area contributed by atoms with E-state index in [1.165, 1.54) is 11.5 Å². The Balaban J connectivity index is 1.22. The second-order valence-electron chi connectivity index (χ2n) is 11.5. The van der Waals surface area contributed by atoms with E-state index in [0.29, 0.717) is 36.5 Å². The van der Waals surface area contributed by atoms with E-state index in [1.54, 1.807) is 7.11 Å². The van der Waals surface area contributed by atoms with E-state index in [2.05, 4.69) is 47.8 Å². The zero-order valence-electron chi connectivity index (χ0n) is 24.9. The monoisotopic (exact) mass is 607 g/mol. The highest BCUT2D eigenvalue weighted by Gasteiger charge is 2.28. The molecule has 3 aromatic rings. The zero-order chi connectivity index (χ0) is 29.8. The van der Waals surface area contributed by atoms with Crippen molar-refractivity contribution in [1.82, 2.24) is 24.1 Å². The average Bonchev–Trinajstić information content (AvgIpc) is 3.57. The highest BCUT2D eigenvalue weighted by atomic mass is 32.1. The number of nitrogens with zero attached hydrogens (tertiary/aromatic N) is 6. The van der Waals surface area contributed by atoms with Crippen molar-refractivity contribution in [1.29, 1.82) is 0 Å². The van der Waals surface area contributed by atoms with E-state index < -0.39 is 5.91 Å². The molecule has 0 atom stereocenters. The van der Waals surface area contributed by atoms with Crippen LogP contribution in [0, 0.1) is 0 Å². The summed E-state index contributed by atoms with van der Waals surface area (Å²) in [5.74, 6) is 0.924. The van der Waals surface area contributed by atoms with Crippen LogP contribution in [0.2, 0.25) is 0 Å². The summed E-state index contributed by atoms with van der Waals surface area (Å²) in [7, 11) is 3.89. The first-order valence-corrected chi connectivity index (χ1v) is 15.9. The quantitative estimate of drug-likeness (QED) is 0.331. The van der Waals surface area contributed by atoms with Gasteiger partial charge in [-0.15, -0.1) is 0 Å². The van der Waals surface area contributed by atoms with Gasteiger partial charge in [0.05, 0.1) is 12.8 Å². The third-order valence-electron chi connectivity index (χ3n) is 8.67. The minimum atomic E-state index is -0.670. The van der Waals surface area contributed by atoms with Gasteiger partial charge in [-0.25, -0.2) is 9.97 Å². The molecule has 3 saturated heterocycles. The van der Waals surface area contributed by atoms with Gasteiger partial charge in [0.25, 0.3) is 5.91 Å². The number of benzene rings is 1. The second kappa shape index (κ2) is 13.4. The third-order valence-corrected chi connectivity index (χ3v) is 9.23. The summed E-state index contributed by atoms with van der Waals surface area (Å²) in [6.45, 7) is 7.92. The van der Waals surface area contributed by atoms with Crippen LogP contribution in [0.1, 0.15) is 36.2 Å². The van der Waals surface area contributed by atoms with Crippen molar-refractivity contribution in [3.63, 3.8) is 0 Å². The summed E-state index contributed by atoms with van der Waals surface area (Å²) in [4.78, 5) is 29.5. The van der Waals surface area contributed by atoms with Gasteiger partial charge in [0.15, 0.2) is 17.3 Å². The molecule has 13 heteroatoms. The van der Waals surface area contributed by atoms with Crippen LogP contribution in [0.5, 0.6) is 5.75 Å². The van der Waals surface area contributed by atoms with Crippen LogP contribution < -0.4 is 26.0 Å². The molecule has 1 amide bonds. The number of hydrogen-bond acceptors (Lipinski definition) is 12. The molecule has 3 aliphatic heterocycles. The SMILES string of the molecule is COc1cc(Nc2nc(NC3CCOCC3)c(-c3ccsn3)nc2C(N)=O)ccc1N1CCC(N2CCN(C)CC2)CC1. The van der Waals surface area contributed by atoms with E-state index in [4.69, 9.17) is 20.2 Å². The van der Waals surface area contributed by atoms with Crippen molar-refractivity contribution < 1.29 is 14.3 Å². The third kappa shape index (κ3) is 6.85. The van der Waals surface area contributed by atoms with Gasteiger partial charge in [0.1, 0.15) is 17.1 Å². The van der Waals surface area contributed by atoms with Crippen LogP contribution in [0.25, 0.3) is 11.4 Å². The highest BCUT2D eigenvalue weighted by molar-refractivity contribution is 7.03. The van der Waals surface area contributed by atoms with Gasteiger partial charge in [-0.1, -0.05) is 0 Å². The minimum absolute atomic E-state index is 0.0505. The van der Waals surface area contributed by atoms with E-state index >= 15 is 0 Å². The lowest BCUT2D eigenvalue weighted by Gasteiger charge is -2.42. The summed E-state index contributed by atoms with van der Waals surface area (Å²) >= 11 is 1.32. The van der Waals surface area contributed by atoms with Crippen LogP contribution in [0.15, 0.2) is 29.6 Å².